The van der Waals surface area contributed by atoms with E-state index >= 15 is 4.79 Å². The third kappa shape index (κ3) is 4.02. The lowest BCUT2D eigenvalue weighted by atomic mass is 9.84. The van der Waals surface area contributed by atoms with E-state index in [1.165, 1.54) is 11.0 Å². The van der Waals surface area contributed by atoms with E-state index in [2.05, 4.69) is 11.6 Å². The molecular formula is C35H27N3O6S. The molecule has 9 nitrogen and oxygen atoms in total. The summed E-state index contributed by atoms with van der Waals surface area (Å²) in [5.74, 6) is -2.07. The molecule has 45 heavy (non-hydrogen) atoms. The first-order valence-electron chi connectivity index (χ1n) is 14.3. The van der Waals surface area contributed by atoms with Crippen LogP contribution in [0.4, 0.5) is 10.8 Å². The third-order valence-electron chi connectivity index (χ3n) is 8.42. The Labute approximate surface area is 262 Å². The van der Waals surface area contributed by atoms with Crippen LogP contribution in [0.5, 0.6) is 0 Å². The zero-order valence-corrected chi connectivity index (χ0v) is 25.6. The quantitative estimate of drug-likeness (QED) is 0.171. The maximum atomic E-state index is 15.1. The molecule has 7 rings (SSSR count). The summed E-state index contributed by atoms with van der Waals surface area (Å²) in [7, 11) is 0. The summed E-state index contributed by atoms with van der Waals surface area (Å²) in [5, 5.41) is 0.330. The summed E-state index contributed by atoms with van der Waals surface area (Å²) in [6.45, 7) is 9.18. The first-order chi connectivity index (χ1) is 21.7. The van der Waals surface area contributed by atoms with Crippen LogP contribution in [0.15, 0.2) is 88.6 Å². The van der Waals surface area contributed by atoms with Crippen LogP contribution in [0.25, 0.3) is 11.0 Å². The molecule has 1 spiro atoms. The summed E-state index contributed by atoms with van der Waals surface area (Å²) in [4.78, 5) is 64.7. The molecule has 1 unspecified atom stereocenters. The van der Waals surface area contributed by atoms with Crippen LogP contribution in [0.3, 0.4) is 0 Å². The minimum absolute atomic E-state index is 0.00627. The molecule has 3 aromatic carbocycles. The van der Waals surface area contributed by atoms with Crippen molar-refractivity contribution < 1.29 is 23.5 Å². The fraction of sp³-hybridized carbons (Fsp3) is 0.171. The van der Waals surface area contributed by atoms with Gasteiger partial charge >= 0.3 is 5.97 Å². The average Bonchev–Trinajstić information content (AvgIpc) is 3.62. The second kappa shape index (κ2) is 10.4. The van der Waals surface area contributed by atoms with Crippen molar-refractivity contribution in [3.8, 4) is 0 Å². The topological polar surface area (TPSA) is 110 Å². The molecule has 0 fully saturated rings. The minimum atomic E-state index is -1.93. The first-order valence-corrected chi connectivity index (χ1v) is 15.1. The lowest BCUT2D eigenvalue weighted by Gasteiger charge is -2.32. The Morgan fingerprint density at radius 3 is 2.49 bits per heavy atom. The number of aromatic nitrogens is 1. The highest BCUT2D eigenvalue weighted by atomic mass is 32.1. The zero-order chi connectivity index (χ0) is 31.6. The third-order valence-corrected chi connectivity index (χ3v) is 9.54. The maximum absolute atomic E-state index is 15.1. The number of aryl methyl sites for hydroxylation is 3. The number of nitrogens with zero attached hydrogens (tertiary/aromatic N) is 3. The fourth-order valence-electron chi connectivity index (χ4n) is 6.21. The molecule has 4 heterocycles. The van der Waals surface area contributed by atoms with Gasteiger partial charge in [-0.25, -0.2) is 9.78 Å². The van der Waals surface area contributed by atoms with Crippen molar-refractivity contribution in [3.63, 3.8) is 0 Å². The van der Waals surface area contributed by atoms with E-state index in [0.717, 1.165) is 28.0 Å². The van der Waals surface area contributed by atoms with Gasteiger partial charge in [0.2, 0.25) is 5.76 Å². The van der Waals surface area contributed by atoms with E-state index in [-0.39, 0.29) is 45.5 Å². The zero-order valence-electron chi connectivity index (χ0n) is 24.7. The molecule has 0 saturated carbocycles. The van der Waals surface area contributed by atoms with Crippen molar-refractivity contribution in [1.82, 2.24) is 4.98 Å². The summed E-state index contributed by atoms with van der Waals surface area (Å²) in [5.41, 5.74) is 1.70. The molecular weight excluding hydrogens is 590 g/mol. The average molecular weight is 618 g/mol. The molecule has 0 aliphatic carbocycles. The Morgan fingerprint density at radius 2 is 1.73 bits per heavy atom. The first kappa shape index (κ1) is 28.4. The van der Waals surface area contributed by atoms with E-state index in [9.17, 15) is 14.4 Å². The number of hydrogen-bond donors (Lipinski definition) is 0. The molecule has 0 bridgehead atoms. The van der Waals surface area contributed by atoms with Gasteiger partial charge in [-0.05, 0) is 55.7 Å². The van der Waals surface area contributed by atoms with Crippen molar-refractivity contribution >= 4 is 50.9 Å². The summed E-state index contributed by atoms with van der Waals surface area (Å²) in [6.07, 6.45) is 1.45. The smallest absolute Gasteiger partial charge is 0.350 e. The number of para-hydroxylation sites is 1. The van der Waals surface area contributed by atoms with Gasteiger partial charge in [-0.2, -0.15) is 0 Å². The van der Waals surface area contributed by atoms with Gasteiger partial charge in [0.15, 0.2) is 16.1 Å². The van der Waals surface area contributed by atoms with Crippen LogP contribution >= 0.6 is 11.3 Å². The standard InChI is InChI=1S/C35H27N3O6S/c1-5-15-43-32(41)30-21(4)36-34(45-30)38-31(40)29-27(28(39)23-16-19(2)20(3)17-26(23)44-29)35(38)24-13-9-10-14-25(24)37(33(35)42)18-22-11-7-6-8-12-22/h5-14,16-17H,1,15,18H2,2-4H3. The lowest BCUT2D eigenvalue weighted by molar-refractivity contribution is -0.121. The maximum Gasteiger partial charge on any atom is 0.350 e. The molecule has 2 aliphatic heterocycles. The Balaban J connectivity index is 1.53. The number of amides is 2. The van der Waals surface area contributed by atoms with E-state index in [1.807, 2.05) is 44.2 Å². The van der Waals surface area contributed by atoms with Gasteiger partial charge in [0.25, 0.3) is 11.8 Å². The highest BCUT2D eigenvalue weighted by molar-refractivity contribution is 7.17. The molecule has 0 saturated heterocycles. The van der Waals surface area contributed by atoms with Gasteiger partial charge < -0.3 is 14.1 Å². The number of carbonyl (C=O) groups is 3. The molecule has 10 heteroatoms. The van der Waals surface area contributed by atoms with Crippen molar-refractivity contribution in [2.45, 2.75) is 32.9 Å². The number of thiazole rings is 1. The van der Waals surface area contributed by atoms with Crippen LogP contribution in [0.2, 0.25) is 0 Å². The molecule has 0 N–H and O–H groups in total. The molecule has 224 valence electrons. The highest BCUT2D eigenvalue weighted by Crippen LogP contribution is 2.55. The van der Waals surface area contributed by atoms with E-state index in [4.69, 9.17) is 9.15 Å². The van der Waals surface area contributed by atoms with Gasteiger partial charge in [-0.3, -0.25) is 19.3 Å². The van der Waals surface area contributed by atoms with Crippen LogP contribution in [-0.2, 0) is 21.6 Å². The highest BCUT2D eigenvalue weighted by Gasteiger charge is 2.66. The molecule has 2 amide bonds. The molecule has 1 atom stereocenters. The predicted molar refractivity (Wildman–Crippen MR) is 171 cm³/mol. The molecule has 2 aromatic heterocycles. The molecule has 2 aliphatic rings. The van der Waals surface area contributed by atoms with Gasteiger partial charge in [0, 0.05) is 5.56 Å². The number of ether oxygens (including phenoxy) is 1. The molecule has 5 aromatic rings. The number of anilines is 2. The van der Waals surface area contributed by atoms with Crippen molar-refractivity contribution in [2.24, 2.45) is 0 Å². The van der Waals surface area contributed by atoms with E-state index in [0.29, 0.717) is 16.9 Å². The van der Waals surface area contributed by atoms with Crippen molar-refractivity contribution in [3.05, 3.63) is 134 Å². The number of esters is 1. The fourth-order valence-corrected chi connectivity index (χ4v) is 7.22. The van der Waals surface area contributed by atoms with Crippen LogP contribution in [-0.4, -0.2) is 29.4 Å². The predicted octanol–water partition coefficient (Wildman–Crippen LogP) is 5.97. The minimum Gasteiger partial charge on any atom is -0.457 e. The van der Waals surface area contributed by atoms with Crippen molar-refractivity contribution in [1.29, 1.82) is 0 Å². The Morgan fingerprint density at radius 1 is 1.02 bits per heavy atom. The van der Waals surface area contributed by atoms with E-state index < -0.39 is 28.8 Å². The normalized spacial score (nSPS) is 16.9. The second-order valence-electron chi connectivity index (χ2n) is 11.1. The van der Waals surface area contributed by atoms with Crippen LogP contribution in [0, 0.1) is 20.8 Å². The van der Waals surface area contributed by atoms with Gasteiger partial charge in [-0.15, -0.1) is 0 Å². The monoisotopic (exact) mass is 617 g/mol. The van der Waals surface area contributed by atoms with Crippen LogP contribution in [0.1, 0.15) is 53.7 Å². The summed E-state index contributed by atoms with van der Waals surface area (Å²) in [6, 6.07) is 20.0. The van der Waals surface area contributed by atoms with Crippen molar-refractivity contribution in [2.75, 3.05) is 16.4 Å². The van der Waals surface area contributed by atoms with Gasteiger partial charge in [-0.1, -0.05) is 72.5 Å². The SMILES string of the molecule is C=CCOC(=O)c1sc(N2C(=O)c3oc4cc(C)c(C)cc4c(=O)c3C23C(=O)N(Cc2ccccc2)c2ccccc23)nc1C. The summed E-state index contributed by atoms with van der Waals surface area (Å²) >= 11 is 0.918. The summed E-state index contributed by atoms with van der Waals surface area (Å²) < 4.78 is 11.5. The molecule has 0 radical (unpaired) electrons. The number of rotatable bonds is 6. The number of hydrogen-bond acceptors (Lipinski definition) is 8. The number of carbonyl (C=O) groups excluding carboxylic acids is 3. The Hall–Kier alpha value is -5.35. The number of benzene rings is 3. The number of fused-ring (bicyclic) bond motifs is 5. The Kier molecular flexibility index (Phi) is 6.56. The van der Waals surface area contributed by atoms with E-state index in [1.54, 1.807) is 48.2 Å². The Bertz CT molecular complexity index is 2150. The second-order valence-corrected chi connectivity index (χ2v) is 12.1. The lowest BCUT2D eigenvalue weighted by Crippen LogP contribution is -2.53. The van der Waals surface area contributed by atoms with Gasteiger partial charge in [0.1, 0.15) is 17.1 Å². The largest absolute Gasteiger partial charge is 0.457 e. The van der Waals surface area contributed by atoms with Gasteiger partial charge in [0.05, 0.1) is 28.9 Å². The van der Waals surface area contributed by atoms with Crippen LogP contribution < -0.4 is 15.2 Å².